The van der Waals surface area contributed by atoms with Crippen LogP contribution in [-0.4, -0.2) is 36.1 Å². The largest absolute Gasteiger partial charge is 0.480 e. The summed E-state index contributed by atoms with van der Waals surface area (Å²) in [5.74, 6) is -1.05. The number of carbonyl (C=O) groups is 1. The van der Waals surface area contributed by atoms with Crippen molar-refractivity contribution in [2.45, 2.75) is 89.9 Å². The van der Waals surface area contributed by atoms with Crippen LogP contribution in [0, 0.1) is 5.92 Å². The van der Waals surface area contributed by atoms with Crippen LogP contribution in [0.2, 0.25) is 0 Å². The molecule has 0 spiro atoms. The zero-order valence-electron chi connectivity index (χ0n) is 16.6. The van der Waals surface area contributed by atoms with Crippen molar-refractivity contribution in [2.75, 3.05) is 0 Å². The molecule has 0 aromatic carbocycles. The van der Waals surface area contributed by atoms with Gasteiger partial charge >= 0.3 is 5.97 Å². The van der Waals surface area contributed by atoms with Crippen LogP contribution < -0.4 is 0 Å². The number of carboxylic acids is 1. The second kappa shape index (κ2) is 13.2. The average Bonchev–Trinajstić information content (AvgIpc) is 2.49. The molecular weight excluding hydrogens is 408 g/mol. The molecule has 0 aliphatic heterocycles. The Morgan fingerprint density at radius 3 is 1.77 bits per heavy atom. The van der Waals surface area contributed by atoms with Crippen molar-refractivity contribution < 1.29 is 19.4 Å². The van der Waals surface area contributed by atoms with Crippen LogP contribution in [0.25, 0.3) is 0 Å². The van der Waals surface area contributed by atoms with Crippen molar-refractivity contribution in [3.8, 4) is 0 Å². The Balaban J connectivity index is 5.67. The van der Waals surface area contributed by atoms with Gasteiger partial charge in [0.1, 0.15) is 0 Å². The fourth-order valence-corrected chi connectivity index (χ4v) is 6.60. The predicted molar refractivity (Wildman–Crippen MR) is 121 cm³/mol. The monoisotopic (exact) mass is 440 g/mol. The maximum atomic E-state index is 12.4. The second-order valence-corrected chi connectivity index (χ2v) is 10.6. The number of hydrogen-bond donors (Lipinski definition) is 1. The quantitative estimate of drug-likeness (QED) is 0.229. The molecule has 4 nitrogen and oxygen atoms in total. The lowest BCUT2D eigenvalue weighted by Crippen LogP contribution is -2.42. The molecule has 0 aromatic heterocycles. The molecule has 0 bridgehead atoms. The standard InChI is InChI=1S/C18H32O4S4/c1-7-9-10-11-14(8-2)18(15(19)20,25-16(23)21-12(3)4)26-17(24)22-13(5)6/h12-14H,7-11H2,1-6H3,(H,19,20). The Morgan fingerprint density at radius 2 is 1.46 bits per heavy atom. The maximum Gasteiger partial charge on any atom is 0.331 e. The van der Waals surface area contributed by atoms with Crippen molar-refractivity contribution >= 4 is 62.7 Å². The van der Waals surface area contributed by atoms with E-state index in [2.05, 4.69) is 6.92 Å². The molecule has 1 N–H and O–H groups in total. The third-order valence-electron chi connectivity index (χ3n) is 3.62. The van der Waals surface area contributed by atoms with E-state index in [1.165, 1.54) is 0 Å². The first-order valence-electron chi connectivity index (χ1n) is 9.11. The smallest absolute Gasteiger partial charge is 0.331 e. The molecule has 0 amide bonds. The summed E-state index contributed by atoms with van der Waals surface area (Å²) in [5, 5.41) is 10.2. The minimum absolute atomic E-state index is 0.106. The molecule has 1 unspecified atom stereocenters. The van der Waals surface area contributed by atoms with Crippen LogP contribution in [-0.2, 0) is 14.3 Å². The first-order valence-corrected chi connectivity index (χ1v) is 11.6. The van der Waals surface area contributed by atoms with Crippen molar-refractivity contribution in [1.82, 2.24) is 0 Å². The summed E-state index contributed by atoms with van der Waals surface area (Å²) in [5.41, 5.74) is 0. The van der Waals surface area contributed by atoms with Gasteiger partial charge < -0.3 is 14.6 Å². The first kappa shape index (κ1) is 26.0. The van der Waals surface area contributed by atoms with Crippen LogP contribution in [0.3, 0.4) is 0 Å². The minimum atomic E-state index is -1.25. The lowest BCUT2D eigenvalue weighted by molar-refractivity contribution is -0.138. The summed E-state index contributed by atoms with van der Waals surface area (Å²) in [6, 6.07) is 0. The van der Waals surface area contributed by atoms with Crippen LogP contribution in [0.15, 0.2) is 0 Å². The number of carboxylic acid groups (broad SMARTS) is 1. The fourth-order valence-electron chi connectivity index (χ4n) is 2.43. The number of aliphatic carboxylic acids is 1. The van der Waals surface area contributed by atoms with Gasteiger partial charge in [-0.25, -0.2) is 4.79 Å². The molecule has 0 saturated heterocycles. The van der Waals surface area contributed by atoms with Gasteiger partial charge in [-0.05, 0) is 88.0 Å². The highest BCUT2D eigenvalue weighted by Gasteiger charge is 2.49. The van der Waals surface area contributed by atoms with E-state index in [0.29, 0.717) is 6.42 Å². The number of unbranched alkanes of at least 4 members (excludes halogenated alkanes) is 2. The Bertz CT molecular complexity index is 442. The highest BCUT2D eigenvalue weighted by Crippen LogP contribution is 2.49. The van der Waals surface area contributed by atoms with Crippen molar-refractivity contribution in [3.63, 3.8) is 0 Å². The van der Waals surface area contributed by atoms with E-state index in [9.17, 15) is 9.90 Å². The van der Waals surface area contributed by atoms with Gasteiger partial charge in [0.25, 0.3) is 0 Å². The molecule has 1 atom stereocenters. The van der Waals surface area contributed by atoms with Gasteiger partial charge in [-0.1, -0.05) is 39.5 Å². The zero-order chi connectivity index (χ0) is 20.3. The van der Waals surface area contributed by atoms with E-state index in [1.807, 2.05) is 34.6 Å². The van der Waals surface area contributed by atoms with Gasteiger partial charge in [-0.3, -0.25) is 0 Å². The molecular formula is C18H32O4S4. The summed E-state index contributed by atoms with van der Waals surface area (Å²) in [7, 11) is 0. The molecule has 152 valence electrons. The van der Waals surface area contributed by atoms with E-state index in [-0.39, 0.29) is 26.9 Å². The van der Waals surface area contributed by atoms with Crippen molar-refractivity contribution in [3.05, 3.63) is 0 Å². The molecule has 0 fully saturated rings. The summed E-state index contributed by atoms with van der Waals surface area (Å²) in [4.78, 5) is 12.4. The van der Waals surface area contributed by atoms with E-state index < -0.39 is 10.0 Å². The molecule has 0 radical (unpaired) electrons. The molecule has 0 aliphatic carbocycles. The van der Waals surface area contributed by atoms with Gasteiger partial charge in [-0.15, -0.1) is 0 Å². The first-order chi connectivity index (χ1) is 12.1. The third-order valence-corrected chi connectivity index (χ3v) is 6.96. The van der Waals surface area contributed by atoms with Gasteiger partial charge in [0.05, 0.1) is 12.2 Å². The van der Waals surface area contributed by atoms with Crippen molar-refractivity contribution in [1.29, 1.82) is 0 Å². The topological polar surface area (TPSA) is 55.8 Å². The van der Waals surface area contributed by atoms with E-state index in [1.54, 1.807) is 0 Å². The summed E-state index contributed by atoms with van der Waals surface area (Å²) < 4.78 is 10.4. The highest BCUT2D eigenvalue weighted by molar-refractivity contribution is 8.37. The summed E-state index contributed by atoms with van der Waals surface area (Å²) in [6.07, 6.45) is 4.43. The third kappa shape index (κ3) is 9.24. The van der Waals surface area contributed by atoms with Gasteiger partial charge in [0.2, 0.25) is 8.77 Å². The predicted octanol–water partition coefficient (Wildman–Crippen LogP) is 6.26. The average molecular weight is 441 g/mol. The molecule has 0 rings (SSSR count). The van der Waals surface area contributed by atoms with E-state index in [4.69, 9.17) is 33.9 Å². The van der Waals surface area contributed by atoms with Gasteiger partial charge in [0.15, 0.2) is 4.08 Å². The van der Waals surface area contributed by atoms with Crippen LogP contribution in [0.5, 0.6) is 0 Å². The van der Waals surface area contributed by atoms with Crippen LogP contribution in [0.4, 0.5) is 0 Å². The van der Waals surface area contributed by atoms with E-state index >= 15 is 0 Å². The number of thioether (sulfide) groups is 2. The highest BCUT2D eigenvalue weighted by atomic mass is 32.2. The van der Waals surface area contributed by atoms with Crippen LogP contribution in [0.1, 0.15) is 73.6 Å². The fraction of sp³-hybridized carbons (Fsp3) is 0.833. The van der Waals surface area contributed by atoms with Crippen LogP contribution >= 0.6 is 48.0 Å². The van der Waals surface area contributed by atoms with Gasteiger partial charge in [0, 0.05) is 0 Å². The zero-order valence-corrected chi connectivity index (χ0v) is 19.8. The van der Waals surface area contributed by atoms with Crippen molar-refractivity contribution in [2.24, 2.45) is 5.92 Å². The Kier molecular flexibility index (Phi) is 13.2. The lowest BCUT2D eigenvalue weighted by Gasteiger charge is -2.35. The molecule has 0 saturated carbocycles. The SMILES string of the molecule is CCCCCC(CC)C(SC(=S)OC(C)C)(SC(=S)OC(C)C)C(=O)O. The second-order valence-electron chi connectivity index (χ2n) is 6.61. The number of ether oxygens (including phenoxy) is 2. The maximum absolute atomic E-state index is 12.4. The molecule has 26 heavy (non-hydrogen) atoms. The number of hydrogen-bond acceptors (Lipinski definition) is 7. The van der Waals surface area contributed by atoms with Gasteiger partial charge in [-0.2, -0.15) is 0 Å². The Hall–Kier alpha value is -0.0500. The molecule has 8 heteroatoms. The molecule has 0 aromatic rings. The molecule has 0 aliphatic rings. The van der Waals surface area contributed by atoms with E-state index in [0.717, 1.165) is 49.2 Å². The number of rotatable bonds is 11. The summed E-state index contributed by atoms with van der Waals surface area (Å²) >= 11 is 12.8. The molecule has 0 heterocycles. The normalized spacial score (nSPS) is 12.9. The lowest BCUT2D eigenvalue weighted by atomic mass is 9.94. The minimum Gasteiger partial charge on any atom is -0.480 e. The Morgan fingerprint density at radius 1 is 1.00 bits per heavy atom. The summed E-state index contributed by atoms with van der Waals surface area (Å²) in [6.45, 7) is 11.6. The Labute approximate surface area is 177 Å². The number of thiocarbonyl (C=S) groups is 2.